The molecule has 0 bridgehead atoms. The maximum Gasteiger partial charge on any atom is 0.120 e. The Bertz CT molecular complexity index is 106. The van der Waals surface area contributed by atoms with Gasteiger partial charge in [0.1, 0.15) is 6.29 Å². The van der Waals surface area contributed by atoms with Gasteiger partial charge in [0.2, 0.25) is 0 Å². The second kappa shape index (κ2) is 4.02. The summed E-state index contributed by atoms with van der Waals surface area (Å²) in [5, 5.41) is 0.600. The van der Waals surface area contributed by atoms with Crippen LogP contribution in [0.2, 0.25) is 0 Å². The molecule has 0 aromatic rings. The van der Waals surface area contributed by atoms with E-state index in [9.17, 15) is 4.79 Å². The summed E-state index contributed by atoms with van der Waals surface area (Å²) in [6.07, 6.45) is 6.60. The van der Waals surface area contributed by atoms with E-state index in [0.29, 0.717) is 11.2 Å². The maximum absolute atomic E-state index is 10.1. The first-order chi connectivity index (χ1) is 4.83. The first kappa shape index (κ1) is 8.12. The molecule has 0 N–H and O–H groups in total. The van der Waals surface area contributed by atoms with E-state index >= 15 is 0 Å². The average molecular weight is 158 g/mol. The fourth-order valence-corrected chi connectivity index (χ4v) is 1.81. The quantitative estimate of drug-likeness (QED) is 0.481. The van der Waals surface area contributed by atoms with Gasteiger partial charge in [0, 0.05) is 11.7 Å². The van der Waals surface area contributed by atoms with Crippen molar-refractivity contribution in [2.75, 3.05) is 0 Å². The molecule has 0 heterocycles. The van der Waals surface area contributed by atoms with Crippen molar-refractivity contribution in [3.8, 4) is 0 Å². The second-order valence-corrected chi connectivity index (χ2v) is 3.81. The van der Waals surface area contributed by atoms with Crippen LogP contribution in [0.5, 0.6) is 0 Å². The van der Waals surface area contributed by atoms with Crippen LogP contribution in [0.1, 0.15) is 32.1 Å². The van der Waals surface area contributed by atoms with Gasteiger partial charge in [-0.25, -0.2) is 0 Å². The van der Waals surface area contributed by atoms with Gasteiger partial charge in [0.05, 0.1) is 0 Å². The van der Waals surface area contributed by atoms with Gasteiger partial charge < -0.3 is 4.79 Å². The van der Waals surface area contributed by atoms with Crippen LogP contribution in [0.3, 0.4) is 0 Å². The molecule has 0 amide bonds. The zero-order chi connectivity index (χ0) is 7.40. The Balaban J connectivity index is 2.19. The number of aldehydes is 1. The SMILES string of the molecule is O=CCC1CCC(S)CC1. The summed E-state index contributed by atoms with van der Waals surface area (Å²) in [5.74, 6) is 0.667. The molecule has 1 aliphatic carbocycles. The van der Waals surface area contributed by atoms with Crippen LogP contribution in [-0.2, 0) is 4.79 Å². The van der Waals surface area contributed by atoms with E-state index in [1.807, 2.05) is 0 Å². The highest BCUT2D eigenvalue weighted by Gasteiger charge is 2.17. The summed E-state index contributed by atoms with van der Waals surface area (Å²) in [6, 6.07) is 0. The lowest BCUT2D eigenvalue weighted by molar-refractivity contribution is -0.108. The third-order valence-electron chi connectivity index (χ3n) is 2.25. The minimum Gasteiger partial charge on any atom is -0.303 e. The standard InChI is InChI=1S/C8H14OS/c9-6-5-7-1-3-8(10)4-2-7/h6-8,10H,1-5H2. The average Bonchev–Trinajstić information content (AvgIpc) is 1.95. The topological polar surface area (TPSA) is 17.1 Å². The molecule has 1 fully saturated rings. The third kappa shape index (κ3) is 2.33. The van der Waals surface area contributed by atoms with Crippen molar-refractivity contribution in [2.24, 2.45) is 5.92 Å². The monoisotopic (exact) mass is 158 g/mol. The van der Waals surface area contributed by atoms with Crippen LogP contribution in [0.4, 0.5) is 0 Å². The number of carbonyl (C=O) groups excluding carboxylic acids is 1. The summed E-state index contributed by atoms with van der Waals surface area (Å²) < 4.78 is 0. The predicted molar refractivity (Wildman–Crippen MR) is 45.4 cm³/mol. The lowest BCUT2D eigenvalue weighted by Crippen LogP contribution is -2.14. The lowest BCUT2D eigenvalue weighted by Gasteiger charge is -2.23. The molecule has 0 radical (unpaired) electrons. The highest BCUT2D eigenvalue weighted by atomic mass is 32.1. The van der Waals surface area contributed by atoms with E-state index in [-0.39, 0.29) is 0 Å². The molecule has 2 heteroatoms. The van der Waals surface area contributed by atoms with Gasteiger partial charge in [0.25, 0.3) is 0 Å². The highest BCUT2D eigenvalue weighted by Crippen LogP contribution is 2.28. The van der Waals surface area contributed by atoms with Crippen molar-refractivity contribution < 1.29 is 4.79 Å². The van der Waals surface area contributed by atoms with Crippen LogP contribution in [-0.4, -0.2) is 11.5 Å². The summed E-state index contributed by atoms with van der Waals surface area (Å²) in [5.41, 5.74) is 0. The molecular formula is C8H14OS. The summed E-state index contributed by atoms with van der Waals surface area (Å²) >= 11 is 4.38. The van der Waals surface area contributed by atoms with Crippen LogP contribution in [0.15, 0.2) is 0 Å². The first-order valence-corrected chi connectivity index (χ1v) is 4.46. The second-order valence-electron chi connectivity index (χ2n) is 3.08. The maximum atomic E-state index is 10.1. The van der Waals surface area contributed by atoms with E-state index in [1.54, 1.807) is 0 Å². The molecule has 1 saturated carbocycles. The molecular weight excluding hydrogens is 144 g/mol. The Morgan fingerprint density at radius 2 is 1.90 bits per heavy atom. The van der Waals surface area contributed by atoms with Crippen molar-refractivity contribution in [3.05, 3.63) is 0 Å². The van der Waals surface area contributed by atoms with Crippen molar-refractivity contribution in [1.29, 1.82) is 0 Å². The van der Waals surface area contributed by atoms with Gasteiger partial charge in [0.15, 0.2) is 0 Å². The molecule has 0 aromatic heterocycles. The van der Waals surface area contributed by atoms with E-state index in [1.165, 1.54) is 25.7 Å². The molecule has 0 saturated heterocycles. The first-order valence-electron chi connectivity index (χ1n) is 3.94. The molecule has 0 aromatic carbocycles. The van der Waals surface area contributed by atoms with E-state index < -0.39 is 0 Å². The van der Waals surface area contributed by atoms with Crippen LogP contribution >= 0.6 is 12.6 Å². The Labute approximate surface area is 67.6 Å². The van der Waals surface area contributed by atoms with Crippen LogP contribution in [0, 0.1) is 5.92 Å². The van der Waals surface area contributed by atoms with Gasteiger partial charge in [-0.05, 0) is 31.6 Å². The smallest absolute Gasteiger partial charge is 0.120 e. The van der Waals surface area contributed by atoms with Crippen molar-refractivity contribution in [3.63, 3.8) is 0 Å². The van der Waals surface area contributed by atoms with Crippen molar-refractivity contribution >= 4 is 18.9 Å². The van der Waals surface area contributed by atoms with Gasteiger partial charge in [-0.1, -0.05) is 0 Å². The Morgan fingerprint density at radius 1 is 1.30 bits per heavy atom. The third-order valence-corrected chi connectivity index (χ3v) is 2.76. The van der Waals surface area contributed by atoms with Gasteiger partial charge in [-0.2, -0.15) is 12.6 Å². The van der Waals surface area contributed by atoms with E-state index in [2.05, 4.69) is 12.6 Å². The fourth-order valence-electron chi connectivity index (χ4n) is 1.52. The van der Waals surface area contributed by atoms with Gasteiger partial charge >= 0.3 is 0 Å². The molecule has 1 nitrogen and oxygen atoms in total. The Kier molecular flexibility index (Phi) is 3.26. The predicted octanol–water partition coefficient (Wildman–Crippen LogP) is 2.06. The molecule has 1 aliphatic rings. The van der Waals surface area contributed by atoms with Crippen molar-refractivity contribution in [1.82, 2.24) is 0 Å². The summed E-state index contributed by atoms with van der Waals surface area (Å²) in [4.78, 5) is 10.1. The number of carbonyl (C=O) groups is 1. The van der Waals surface area contributed by atoms with Crippen molar-refractivity contribution in [2.45, 2.75) is 37.4 Å². The molecule has 10 heavy (non-hydrogen) atoms. The fraction of sp³-hybridized carbons (Fsp3) is 0.875. The minimum atomic E-state index is 0.600. The summed E-state index contributed by atoms with van der Waals surface area (Å²) in [7, 11) is 0. The zero-order valence-corrected chi connectivity index (χ0v) is 7.02. The van der Waals surface area contributed by atoms with Crippen LogP contribution < -0.4 is 0 Å². The number of rotatable bonds is 2. The van der Waals surface area contributed by atoms with Crippen LogP contribution in [0.25, 0.3) is 0 Å². The highest BCUT2D eigenvalue weighted by molar-refractivity contribution is 7.80. The molecule has 58 valence electrons. The number of thiol groups is 1. The van der Waals surface area contributed by atoms with Gasteiger partial charge in [-0.15, -0.1) is 0 Å². The lowest BCUT2D eigenvalue weighted by atomic mass is 9.87. The number of hydrogen-bond donors (Lipinski definition) is 1. The summed E-state index contributed by atoms with van der Waals surface area (Å²) in [6.45, 7) is 0. The van der Waals surface area contributed by atoms with Gasteiger partial charge in [-0.3, -0.25) is 0 Å². The Morgan fingerprint density at radius 3 is 2.40 bits per heavy atom. The van der Waals surface area contributed by atoms with E-state index in [4.69, 9.17) is 0 Å². The molecule has 0 spiro atoms. The molecule has 0 unspecified atom stereocenters. The largest absolute Gasteiger partial charge is 0.303 e. The number of hydrogen-bond acceptors (Lipinski definition) is 2. The minimum absolute atomic E-state index is 0.600. The van der Waals surface area contributed by atoms with E-state index in [0.717, 1.165) is 12.7 Å². The normalized spacial score (nSPS) is 33.7. The molecule has 1 rings (SSSR count). The molecule has 0 atom stereocenters. The zero-order valence-electron chi connectivity index (χ0n) is 6.12. The Hall–Kier alpha value is 0.0200. The molecule has 0 aliphatic heterocycles.